The molecular formula is C16H21NO4S. The maximum Gasteiger partial charge on any atom is 0.339 e. The zero-order valence-corrected chi connectivity index (χ0v) is 13.4. The van der Waals surface area contributed by atoms with Gasteiger partial charge in [0.15, 0.2) is 6.61 Å². The minimum absolute atomic E-state index is 0.101. The minimum atomic E-state index is -0.383. The number of aryl methyl sites for hydroxylation is 1. The number of thiophene rings is 1. The predicted molar refractivity (Wildman–Crippen MR) is 83.2 cm³/mol. The van der Waals surface area contributed by atoms with E-state index in [4.69, 9.17) is 9.47 Å². The van der Waals surface area contributed by atoms with Crippen molar-refractivity contribution in [3.8, 4) is 0 Å². The number of hydrogen-bond acceptors (Lipinski definition) is 5. The maximum absolute atomic E-state index is 12.1. The highest BCUT2D eigenvalue weighted by atomic mass is 32.1. The summed E-state index contributed by atoms with van der Waals surface area (Å²) >= 11 is 1.62. The third-order valence-electron chi connectivity index (χ3n) is 4.17. The van der Waals surface area contributed by atoms with E-state index < -0.39 is 0 Å². The van der Waals surface area contributed by atoms with Gasteiger partial charge in [-0.15, -0.1) is 11.3 Å². The highest BCUT2D eigenvalue weighted by Gasteiger charge is 2.22. The van der Waals surface area contributed by atoms with Crippen LogP contribution in [0.3, 0.4) is 0 Å². The Balaban J connectivity index is 1.45. The minimum Gasteiger partial charge on any atom is -0.452 e. The van der Waals surface area contributed by atoms with Gasteiger partial charge in [0.25, 0.3) is 5.91 Å². The first-order valence-corrected chi connectivity index (χ1v) is 8.76. The number of nitrogens with one attached hydrogen (secondary N) is 1. The molecule has 1 aliphatic heterocycles. The number of hydrogen-bond donors (Lipinski definition) is 1. The molecule has 1 aromatic rings. The van der Waals surface area contributed by atoms with Gasteiger partial charge in [-0.3, -0.25) is 4.79 Å². The first-order chi connectivity index (χ1) is 10.7. The zero-order chi connectivity index (χ0) is 15.4. The molecule has 0 radical (unpaired) electrons. The van der Waals surface area contributed by atoms with Crippen LogP contribution in [-0.2, 0) is 27.1 Å². The van der Waals surface area contributed by atoms with Crippen LogP contribution in [0.1, 0.15) is 46.5 Å². The fourth-order valence-corrected chi connectivity index (χ4v) is 4.07. The molecule has 0 aromatic carbocycles. The molecule has 0 spiro atoms. The van der Waals surface area contributed by atoms with Crippen LogP contribution < -0.4 is 5.32 Å². The Hall–Kier alpha value is -1.40. The van der Waals surface area contributed by atoms with Gasteiger partial charge in [-0.2, -0.15) is 0 Å². The molecule has 22 heavy (non-hydrogen) atoms. The number of esters is 1. The molecule has 120 valence electrons. The lowest BCUT2D eigenvalue weighted by Crippen LogP contribution is -2.34. The number of amides is 1. The molecule has 1 atom stereocenters. The number of carbonyl (C=O) groups excluding carboxylic acids is 2. The Kier molecular flexibility index (Phi) is 5.10. The summed E-state index contributed by atoms with van der Waals surface area (Å²) in [5, 5.41) is 4.61. The first-order valence-electron chi connectivity index (χ1n) is 7.88. The fraction of sp³-hybridized carbons (Fsp3) is 0.625. The topological polar surface area (TPSA) is 64.6 Å². The van der Waals surface area contributed by atoms with Gasteiger partial charge in [0.2, 0.25) is 0 Å². The van der Waals surface area contributed by atoms with E-state index in [1.165, 1.54) is 11.3 Å². The van der Waals surface area contributed by atoms with Crippen molar-refractivity contribution >= 4 is 23.2 Å². The van der Waals surface area contributed by atoms with Crippen molar-refractivity contribution in [2.75, 3.05) is 19.8 Å². The van der Waals surface area contributed by atoms with Gasteiger partial charge >= 0.3 is 5.97 Å². The quantitative estimate of drug-likeness (QED) is 0.843. The second kappa shape index (κ2) is 7.24. The largest absolute Gasteiger partial charge is 0.452 e. The summed E-state index contributed by atoms with van der Waals surface area (Å²) in [6.07, 6.45) is 6.41. The van der Waals surface area contributed by atoms with E-state index in [0.717, 1.165) is 44.3 Å². The van der Waals surface area contributed by atoms with Crippen LogP contribution in [0.2, 0.25) is 0 Å². The van der Waals surface area contributed by atoms with E-state index in [9.17, 15) is 9.59 Å². The lowest BCUT2D eigenvalue weighted by molar-refractivity contribution is -0.124. The Morgan fingerprint density at radius 2 is 2.18 bits per heavy atom. The molecule has 0 bridgehead atoms. The van der Waals surface area contributed by atoms with Gasteiger partial charge < -0.3 is 14.8 Å². The summed E-state index contributed by atoms with van der Waals surface area (Å²) in [6, 6.07) is 0. The second-order valence-corrected chi connectivity index (χ2v) is 6.74. The monoisotopic (exact) mass is 323 g/mol. The summed E-state index contributed by atoms with van der Waals surface area (Å²) in [4.78, 5) is 25.1. The summed E-state index contributed by atoms with van der Waals surface area (Å²) < 4.78 is 10.6. The predicted octanol–water partition coefficient (Wildman–Crippen LogP) is 2.08. The van der Waals surface area contributed by atoms with Gasteiger partial charge in [-0.1, -0.05) is 0 Å². The average molecular weight is 323 g/mol. The van der Waals surface area contributed by atoms with E-state index in [1.54, 1.807) is 11.3 Å². The normalized spacial score (nSPS) is 20.5. The van der Waals surface area contributed by atoms with E-state index in [1.807, 2.05) is 5.38 Å². The Labute approximate surface area is 134 Å². The Morgan fingerprint density at radius 1 is 1.32 bits per heavy atom. The van der Waals surface area contributed by atoms with E-state index >= 15 is 0 Å². The van der Waals surface area contributed by atoms with Gasteiger partial charge in [0, 0.05) is 23.4 Å². The van der Waals surface area contributed by atoms with Crippen LogP contribution in [0.4, 0.5) is 0 Å². The molecule has 2 heterocycles. The third kappa shape index (κ3) is 3.67. The van der Waals surface area contributed by atoms with Crippen molar-refractivity contribution in [3.05, 3.63) is 21.4 Å². The summed E-state index contributed by atoms with van der Waals surface area (Å²) in [5.74, 6) is -0.653. The number of fused-ring (bicyclic) bond motifs is 1. The third-order valence-corrected chi connectivity index (χ3v) is 5.26. The molecule has 1 N–H and O–H groups in total. The van der Waals surface area contributed by atoms with Crippen molar-refractivity contribution in [1.29, 1.82) is 0 Å². The standard InChI is InChI=1S/C16H21NO4S/c18-15(17-8-11-4-3-7-20-11)9-21-16(19)13-10-22-14-6-2-1-5-12(13)14/h10-11H,1-9H2,(H,17,18). The molecule has 1 amide bonds. The van der Waals surface area contributed by atoms with Crippen LogP contribution in [-0.4, -0.2) is 37.7 Å². The van der Waals surface area contributed by atoms with Gasteiger partial charge in [-0.05, 0) is 44.1 Å². The fourth-order valence-electron chi connectivity index (χ4n) is 2.96. The van der Waals surface area contributed by atoms with E-state index in [2.05, 4.69) is 5.32 Å². The van der Waals surface area contributed by atoms with Crippen molar-refractivity contribution in [3.63, 3.8) is 0 Å². The average Bonchev–Trinajstić information content (AvgIpc) is 3.19. The smallest absolute Gasteiger partial charge is 0.339 e. The van der Waals surface area contributed by atoms with Crippen LogP contribution in [0.5, 0.6) is 0 Å². The summed E-state index contributed by atoms with van der Waals surface area (Å²) in [5.41, 5.74) is 1.77. The number of ether oxygens (including phenoxy) is 2. The lowest BCUT2D eigenvalue weighted by Gasteiger charge is -2.13. The van der Waals surface area contributed by atoms with E-state index in [-0.39, 0.29) is 24.6 Å². The number of carbonyl (C=O) groups is 2. The maximum atomic E-state index is 12.1. The van der Waals surface area contributed by atoms with Gasteiger partial charge in [-0.25, -0.2) is 4.79 Å². The Morgan fingerprint density at radius 3 is 3.00 bits per heavy atom. The molecule has 1 unspecified atom stereocenters. The van der Waals surface area contributed by atoms with Crippen LogP contribution in [0.25, 0.3) is 0 Å². The molecule has 1 aromatic heterocycles. The van der Waals surface area contributed by atoms with Gasteiger partial charge in [0.05, 0.1) is 11.7 Å². The zero-order valence-electron chi connectivity index (χ0n) is 12.6. The number of rotatable bonds is 5. The second-order valence-electron chi connectivity index (χ2n) is 5.77. The van der Waals surface area contributed by atoms with Crippen molar-refractivity contribution in [2.24, 2.45) is 0 Å². The molecule has 3 rings (SSSR count). The molecule has 1 aliphatic carbocycles. The molecule has 0 saturated carbocycles. The molecule has 1 saturated heterocycles. The van der Waals surface area contributed by atoms with E-state index in [0.29, 0.717) is 12.1 Å². The van der Waals surface area contributed by atoms with Crippen LogP contribution in [0.15, 0.2) is 5.38 Å². The lowest BCUT2D eigenvalue weighted by atomic mass is 9.96. The molecule has 1 fully saturated rings. The van der Waals surface area contributed by atoms with Crippen molar-refractivity contribution in [1.82, 2.24) is 5.32 Å². The molecular weight excluding hydrogens is 302 g/mol. The van der Waals surface area contributed by atoms with Crippen molar-refractivity contribution < 1.29 is 19.1 Å². The summed E-state index contributed by atoms with van der Waals surface area (Å²) in [6.45, 7) is 1.03. The molecule has 5 nitrogen and oxygen atoms in total. The van der Waals surface area contributed by atoms with Crippen LogP contribution >= 0.6 is 11.3 Å². The highest BCUT2D eigenvalue weighted by Crippen LogP contribution is 2.30. The Bertz CT molecular complexity index is 548. The molecule has 6 heteroatoms. The van der Waals surface area contributed by atoms with Gasteiger partial charge in [0.1, 0.15) is 0 Å². The summed E-state index contributed by atoms with van der Waals surface area (Å²) in [7, 11) is 0. The van der Waals surface area contributed by atoms with Crippen LogP contribution in [0, 0.1) is 0 Å². The highest BCUT2D eigenvalue weighted by molar-refractivity contribution is 7.10. The molecule has 2 aliphatic rings. The SMILES string of the molecule is O=C(COC(=O)c1csc2c1CCCC2)NCC1CCCO1. The van der Waals surface area contributed by atoms with Crippen molar-refractivity contribution in [2.45, 2.75) is 44.6 Å². The first kappa shape index (κ1) is 15.5.